The Hall–Kier alpha value is -2.67. The molecule has 3 rings (SSSR count). The number of carbonyl (C=O) groups excluding carboxylic acids is 1. The summed E-state index contributed by atoms with van der Waals surface area (Å²) < 4.78 is 7.13. The van der Waals surface area contributed by atoms with Crippen LogP contribution in [-0.4, -0.2) is 40.0 Å². The molecule has 1 aliphatic rings. The largest absolute Gasteiger partial charge is 0.478 e. The molecule has 1 fully saturated rings. The van der Waals surface area contributed by atoms with Crippen molar-refractivity contribution in [3.8, 4) is 0 Å². The number of aryl methyl sites for hydroxylation is 1. The lowest BCUT2D eigenvalue weighted by Gasteiger charge is -2.22. The fourth-order valence-corrected chi connectivity index (χ4v) is 2.74. The minimum Gasteiger partial charge on any atom is -0.478 e. The Balaban J connectivity index is 1.72. The SMILES string of the molecule is Cc1ccc(NC(=O)c2ccn(C3CCOCC3)n2)cc1C(=O)O. The summed E-state index contributed by atoms with van der Waals surface area (Å²) >= 11 is 0. The second kappa shape index (κ2) is 6.84. The predicted octanol–water partition coefficient (Wildman–Crippen LogP) is 2.49. The maximum Gasteiger partial charge on any atom is 0.336 e. The number of carbonyl (C=O) groups is 2. The summed E-state index contributed by atoms with van der Waals surface area (Å²) in [4.78, 5) is 23.5. The van der Waals surface area contributed by atoms with Crippen LogP contribution in [0.4, 0.5) is 5.69 Å². The number of hydrogen-bond donors (Lipinski definition) is 2. The molecule has 2 aromatic rings. The highest BCUT2D eigenvalue weighted by atomic mass is 16.5. The van der Waals surface area contributed by atoms with Crippen molar-refractivity contribution in [3.63, 3.8) is 0 Å². The minimum absolute atomic E-state index is 0.167. The molecule has 1 amide bonds. The normalized spacial score (nSPS) is 15.2. The first-order valence-electron chi connectivity index (χ1n) is 7.83. The van der Waals surface area contributed by atoms with Crippen molar-refractivity contribution >= 4 is 17.6 Å². The smallest absolute Gasteiger partial charge is 0.336 e. The summed E-state index contributed by atoms with van der Waals surface area (Å²) in [6.07, 6.45) is 3.55. The van der Waals surface area contributed by atoms with Gasteiger partial charge in [0.25, 0.3) is 5.91 Å². The van der Waals surface area contributed by atoms with Crippen molar-refractivity contribution in [1.29, 1.82) is 0 Å². The molecule has 2 heterocycles. The zero-order valence-corrected chi connectivity index (χ0v) is 13.4. The van der Waals surface area contributed by atoms with E-state index < -0.39 is 5.97 Å². The predicted molar refractivity (Wildman–Crippen MR) is 87.4 cm³/mol. The third kappa shape index (κ3) is 3.46. The van der Waals surface area contributed by atoms with Gasteiger partial charge in [0.1, 0.15) is 0 Å². The number of rotatable bonds is 4. The van der Waals surface area contributed by atoms with Crippen molar-refractivity contribution in [3.05, 3.63) is 47.3 Å². The topological polar surface area (TPSA) is 93.5 Å². The fraction of sp³-hybridized carbons (Fsp3) is 0.353. The molecule has 2 N–H and O–H groups in total. The quantitative estimate of drug-likeness (QED) is 0.899. The van der Waals surface area contributed by atoms with Crippen LogP contribution < -0.4 is 5.32 Å². The van der Waals surface area contributed by atoms with Gasteiger partial charge >= 0.3 is 5.97 Å². The van der Waals surface area contributed by atoms with Gasteiger partial charge in [-0.05, 0) is 43.5 Å². The number of carboxylic acids is 1. The molecule has 1 aromatic carbocycles. The number of nitrogens with one attached hydrogen (secondary N) is 1. The Morgan fingerprint density at radius 1 is 1.29 bits per heavy atom. The molecule has 24 heavy (non-hydrogen) atoms. The molecule has 0 unspecified atom stereocenters. The summed E-state index contributed by atoms with van der Waals surface area (Å²) in [6.45, 7) is 3.12. The van der Waals surface area contributed by atoms with Gasteiger partial charge < -0.3 is 15.2 Å². The average Bonchev–Trinajstić information content (AvgIpc) is 3.07. The van der Waals surface area contributed by atoms with E-state index in [-0.39, 0.29) is 17.5 Å². The van der Waals surface area contributed by atoms with Crippen molar-refractivity contribution in [1.82, 2.24) is 9.78 Å². The van der Waals surface area contributed by atoms with Gasteiger partial charge in [0.15, 0.2) is 5.69 Å². The highest BCUT2D eigenvalue weighted by Crippen LogP contribution is 2.20. The molecule has 0 bridgehead atoms. The molecule has 0 atom stereocenters. The molecular formula is C17H19N3O4. The van der Waals surface area contributed by atoms with E-state index >= 15 is 0 Å². The van der Waals surface area contributed by atoms with Gasteiger partial charge in [-0.25, -0.2) is 4.79 Å². The number of ether oxygens (including phenoxy) is 1. The second-order valence-corrected chi connectivity index (χ2v) is 5.81. The van der Waals surface area contributed by atoms with Crippen LogP contribution in [0.5, 0.6) is 0 Å². The van der Waals surface area contributed by atoms with Crippen LogP contribution in [0.15, 0.2) is 30.5 Å². The molecule has 126 valence electrons. The van der Waals surface area contributed by atoms with E-state index in [9.17, 15) is 9.59 Å². The molecule has 1 saturated heterocycles. The van der Waals surface area contributed by atoms with E-state index in [2.05, 4.69) is 10.4 Å². The lowest BCUT2D eigenvalue weighted by Crippen LogP contribution is -2.21. The van der Waals surface area contributed by atoms with Crippen LogP contribution in [0.25, 0.3) is 0 Å². The summed E-state index contributed by atoms with van der Waals surface area (Å²) in [7, 11) is 0. The van der Waals surface area contributed by atoms with Crippen molar-refractivity contribution in [2.75, 3.05) is 18.5 Å². The molecule has 0 spiro atoms. The van der Waals surface area contributed by atoms with Crippen LogP contribution in [0.3, 0.4) is 0 Å². The van der Waals surface area contributed by atoms with E-state index in [4.69, 9.17) is 9.84 Å². The third-order valence-electron chi connectivity index (χ3n) is 4.13. The maximum atomic E-state index is 12.3. The van der Waals surface area contributed by atoms with Crippen molar-refractivity contribution in [2.45, 2.75) is 25.8 Å². The van der Waals surface area contributed by atoms with Gasteiger partial charge in [-0.2, -0.15) is 5.10 Å². The van der Waals surface area contributed by atoms with E-state index in [0.29, 0.717) is 30.2 Å². The first-order chi connectivity index (χ1) is 11.5. The lowest BCUT2D eigenvalue weighted by molar-refractivity contribution is 0.0660. The first kappa shape index (κ1) is 16.2. The Labute approximate surface area is 139 Å². The number of aromatic carboxylic acids is 1. The van der Waals surface area contributed by atoms with Crippen LogP contribution >= 0.6 is 0 Å². The number of carboxylic acid groups (broad SMARTS) is 1. The molecular weight excluding hydrogens is 310 g/mol. The third-order valence-corrected chi connectivity index (χ3v) is 4.13. The Bertz CT molecular complexity index is 763. The summed E-state index contributed by atoms with van der Waals surface area (Å²) in [5.41, 5.74) is 1.55. The molecule has 1 aliphatic heterocycles. The van der Waals surface area contributed by atoms with Crippen LogP contribution in [0.2, 0.25) is 0 Å². The van der Waals surface area contributed by atoms with Gasteiger partial charge in [0, 0.05) is 25.1 Å². The van der Waals surface area contributed by atoms with Gasteiger partial charge in [-0.3, -0.25) is 9.48 Å². The number of aromatic nitrogens is 2. The van der Waals surface area contributed by atoms with E-state index in [0.717, 1.165) is 12.8 Å². The number of hydrogen-bond acceptors (Lipinski definition) is 4. The number of amides is 1. The summed E-state index contributed by atoms with van der Waals surface area (Å²) in [5.74, 6) is -1.38. The van der Waals surface area contributed by atoms with Crippen LogP contribution in [-0.2, 0) is 4.74 Å². The number of anilines is 1. The molecule has 7 nitrogen and oxygen atoms in total. The first-order valence-corrected chi connectivity index (χ1v) is 7.83. The number of nitrogens with zero attached hydrogens (tertiary/aromatic N) is 2. The van der Waals surface area contributed by atoms with E-state index in [1.807, 2.05) is 0 Å². The zero-order valence-electron chi connectivity index (χ0n) is 13.4. The van der Waals surface area contributed by atoms with Crippen molar-refractivity contribution < 1.29 is 19.4 Å². The van der Waals surface area contributed by atoms with Gasteiger partial charge in [-0.15, -0.1) is 0 Å². The van der Waals surface area contributed by atoms with Gasteiger partial charge in [0.2, 0.25) is 0 Å². The van der Waals surface area contributed by atoms with E-state index in [1.54, 1.807) is 36.0 Å². The van der Waals surface area contributed by atoms with Gasteiger partial charge in [-0.1, -0.05) is 6.07 Å². The monoisotopic (exact) mass is 329 g/mol. The molecule has 0 radical (unpaired) electrons. The van der Waals surface area contributed by atoms with Crippen LogP contribution in [0, 0.1) is 6.92 Å². The fourth-order valence-electron chi connectivity index (χ4n) is 2.74. The summed E-state index contributed by atoms with van der Waals surface area (Å²) in [5, 5.41) is 16.2. The second-order valence-electron chi connectivity index (χ2n) is 5.81. The Morgan fingerprint density at radius 3 is 2.75 bits per heavy atom. The van der Waals surface area contributed by atoms with Crippen LogP contribution in [0.1, 0.15) is 45.3 Å². The maximum absolute atomic E-state index is 12.3. The molecule has 1 aromatic heterocycles. The zero-order chi connectivity index (χ0) is 17.1. The van der Waals surface area contributed by atoms with Gasteiger partial charge in [0.05, 0.1) is 11.6 Å². The molecule has 7 heteroatoms. The summed E-state index contributed by atoms with van der Waals surface area (Å²) in [6, 6.07) is 6.70. The molecule has 0 aliphatic carbocycles. The highest BCUT2D eigenvalue weighted by Gasteiger charge is 2.18. The number of benzene rings is 1. The molecule has 0 saturated carbocycles. The van der Waals surface area contributed by atoms with E-state index in [1.165, 1.54) is 6.07 Å². The standard InChI is InChI=1S/C17H19N3O4/c1-11-2-3-12(10-14(11)17(22)23)18-16(21)15-4-7-20(19-15)13-5-8-24-9-6-13/h2-4,7,10,13H,5-6,8-9H2,1H3,(H,18,21)(H,22,23). The average molecular weight is 329 g/mol. The Kier molecular flexibility index (Phi) is 4.61. The Morgan fingerprint density at radius 2 is 2.04 bits per heavy atom. The lowest BCUT2D eigenvalue weighted by atomic mass is 10.1. The highest BCUT2D eigenvalue weighted by molar-refractivity contribution is 6.03. The minimum atomic E-state index is -1.02. The van der Waals surface area contributed by atoms with Crippen molar-refractivity contribution in [2.24, 2.45) is 0 Å².